The molecule has 182 valence electrons. The van der Waals surface area contributed by atoms with E-state index in [1.54, 1.807) is 18.3 Å². The highest BCUT2D eigenvalue weighted by atomic mass is 32.1. The third-order valence-electron chi connectivity index (χ3n) is 6.52. The zero-order valence-corrected chi connectivity index (χ0v) is 20.4. The first kappa shape index (κ1) is 24.2. The average Bonchev–Trinajstić information content (AvgIpc) is 3.30. The van der Waals surface area contributed by atoms with Gasteiger partial charge in [0.25, 0.3) is 0 Å². The zero-order valence-electron chi connectivity index (χ0n) is 19.5. The maximum atomic E-state index is 15.3. The van der Waals surface area contributed by atoms with E-state index in [0.29, 0.717) is 30.4 Å². The van der Waals surface area contributed by atoms with Gasteiger partial charge in [0.2, 0.25) is 0 Å². The van der Waals surface area contributed by atoms with E-state index in [2.05, 4.69) is 44.2 Å². The zero-order chi connectivity index (χ0) is 24.2. The third kappa shape index (κ3) is 5.56. The summed E-state index contributed by atoms with van der Waals surface area (Å²) in [5.74, 6) is -0.540. The van der Waals surface area contributed by atoms with Crippen LogP contribution in [0.3, 0.4) is 0 Å². The highest BCUT2D eigenvalue weighted by Gasteiger charge is 2.28. The van der Waals surface area contributed by atoms with Crippen LogP contribution in [0.2, 0.25) is 0 Å². The predicted octanol–water partition coefficient (Wildman–Crippen LogP) is 2.60. The van der Waals surface area contributed by atoms with Crippen LogP contribution in [-0.2, 0) is 0 Å². The predicted molar refractivity (Wildman–Crippen MR) is 139 cm³/mol. The largest absolute Gasteiger partial charge is 0.375 e. The van der Waals surface area contributed by atoms with Crippen LogP contribution < -0.4 is 25.9 Å². The fourth-order valence-electron chi connectivity index (χ4n) is 4.59. The highest BCUT2D eigenvalue weighted by molar-refractivity contribution is 7.80. The van der Waals surface area contributed by atoms with E-state index >= 15 is 4.39 Å². The van der Waals surface area contributed by atoms with Crippen LogP contribution >= 0.6 is 12.2 Å². The molecule has 0 amide bonds. The Morgan fingerprint density at radius 2 is 1.71 bits per heavy atom. The molecule has 10 heteroatoms. The van der Waals surface area contributed by atoms with E-state index in [-0.39, 0.29) is 16.7 Å². The second-order valence-electron chi connectivity index (χ2n) is 8.90. The molecular formula is C24H31F2N7S. The third-order valence-corrected chi connectivity index (χ3v) is 6.61. The van der Waals surface area contributed by atoms with Crippen molar-refractivity contribution < 1.29 is 8.78 Å². The molecule has 4 rings (SSSR count). The van der Waals surface area contributed by atoms with Crippen molar-refractivity contribution >= 4 is 40.6 Å². The van der Waals surface area contributed by atoms with Gasteiger partial charge in [0.15, 0.2) is 5.11 Å². The van der Waals surface area contributed by atoms with Gasteiger partial charge in [-0.2, -0.15) is 5.10 Å². The van der Waals surface area contributed by atoms with Crippen molar-refractivity contribution in [2.75, 3.05) is 68.1 Å². The van der Waals surface area contributed by atoms with Gasteiger partial charge in [-0.25, -0.2) is 8.78 Å². The molecule has 0 aromatic heterocycles. The van der Waals surface area contributed by atoms with Gasteiger partial charge in [-0.05, 0) is 69.1 Å². The molecule has 0 radical (unpaired) electrons. The van der Waals surface area contributed by atoms with Crippen LogP contribution in [-0.4, -0.2) is 75.6 Å². The summed E-state index contributed by atoms with van der Waals surface area (Å²) in [6.45, 7) is 4.55. The quantitative estimate of drug-likeness (QED) is 0.369. The molecule has 1 atom stereocenters. The van der Waals surface area contributed by atoms with Gasteiger partial charge in [-0.3, -0.25) is 5.43 Å². The van der Waals surface area contributed by atoms with Crippen LogP contribution in [0.1, 0.15) is 12.0 Å². The number of rotatable bonds is 6. The molecule has 2 aromatic rings. The van der Waals surface area contributed by atoms with Gasteiger partial charge in [0, 0.05) is 62.2 Å². The molecule has 0 spiro atoms. The SMILES string of the molecule is CN(C)[C@@H]1CCN(c2cc(N3CCN(c4ccc(F)cc4)CC3)c(F)cc2/C=N/NC(N)=S)C1. The van der Waals surface area contributed by atoms with Gasteiger partial charge < -0.3 is 25.3 Å². The van der Waals surface area contributed by atoms with E-state index in [1.165, 1.54) is 18.2 Å². The summed E-state index contributed by atoms with van der Waals surface area (Å²) in [4.78, 5) is 8.78. The number of nitrogens with zero attached hydrogens (tertiary/aromatic N) is 5. The number of halogens is 2. The number of piperazine rings is 1. The van der Waals surface area contributed by atoms with E-state index in [0.717, 1.165) is 44.0 Å². The number of anilines is 3. The standard InChI is InChI=1S/C24H31F2N7S/c1-30(2)20-7-8-33(16-20)22-14-23(21(26)13-17(22)15-28-29-24(27)34)32-11-9-31(10-12-32)19-5-3-18(25)4-6-19/h3-6,13-15,20H,7-12,16H2,1-2H3,(H3,27,29,34)/b28-15+/t20-/m1/s1. The van der Waals surface area contributed by atoms with Crippen LogP contribution in [0.25, 0.3) is 0 Å². The van der Waals surface area contributed by atoms with Crippen LogP contribution in [0, 0.1) is 11.6 Å². The molecule has 3 N–H and O–H groups in total. The molecule has 0 saturated carbocycles. The first-order chi connectivity index (χ1) is 16.3. The summed E-state index contributed by atoms with van der Waals surface area (Å²) in [6, 6.07) is 10.4. The van der Waals surface area contributed by atoms with Crippen molar-refractivity contribution in [3.63, 3.8) is 0 Å². The van der Waals surface area contributed by atoms with Crippen molar-refractivity contribution in [3.8, 4) is 0 Å². The van der Waals surface area contributed by atoms with E-state index < -0.39 is 0 Å². The van der Waals surface area contributed by atoms with Gasteiger partial charge in [0.05, 0.1) is 11.9 Å². The fourth-order valence-corrected chi connectivity index (χ4v) is 4.64. The molecule has 0 aliphatic carbocycles. The summed E-state index contributed by atoms with van der Waals surface area (Å²) in [5.41, 5.74) is 11.2. The summed E-state index contributed by atoms with van der Waals surface area (Å²) in [5, 5.41) is 4.13. The maximum Gasteiger partial charge on any atom is 0.184 e. The van der Waals surface area contributed by atoms with E-state index in [9.17, 15) is 4.39 Å². The molecule has 2 saturated heterocycles. The molecule has 0 unspecified atom stereocenters. The molecule has 2 fully saturated rings. The molecule has 2 aliphatic heterocycles. The Labute approximate surface area is 204 Å². The Morgan fingerprint density at radius 3 is 2.32 bits per heavy atom. The monoisotopic (exact) mass is 487 g/mol. The van der Waals surface area contributed by atoms with Crippen LogP contribution in [0.15, 0.2) is 41.5 Å². The van der Waals surface area contributed by atoms with E-state index in [1.807, 2.05) is 6.07 Å². The molecule has 0 bridgehead atoms. The van der Waals surface area contributed by atoms with Crippen LogP contribution in [0.4, 0.5) is 25.8 Å². The average molecular weight is 488 g/mol. The minimum Gasteiger partial charge on any atom is -0.375 e. The molecular weight excluding hydrogens is 456 g/mol. The van der Waals surface area contributed by atoms with Crippen molar-refractivity contribution in [3.05, 3.63) is 53.6 Å². The highest BCUT2D eigenvalue weighted by Crippen LogP contribution is 2.33. The Morgan fingerprint density at radius 1 is 1.03 bits per heavy atom. The Balaban J connectivity index is 1.56. The van der Waals surface area contributed by atoms with Crippen molar-refractivity contribution in [1.29, 1.82) is 0 Å². The molecule has 2 heterocycles. The summed E-state index contributed by atoms with van der Waals surface area (Å²) in [7, 11) is 4.17. The Hall–Kier alpha value is -2.98. The number of hydrazone groups is 1. The van der Waals surface area contributed by atoms with Crippen molar-refractivity contribution in [1.82, 2.24) is 10.3 Å². The second-order valence-corrected chi connectivity index (χ2v) is 9.34. The first-order valence-corrected chi connectivity index (χ1v) is 11.8. The number of likely N-dealkylation sites (N-methyl/N-ethyl adjacent to an activating group) is 1. The Bertz CT molecular complexity index is 1040. The molecule has 2 aliphatic rings. The minimum absolute atomic E-state index is 0.0581. The molecule has 34 heavy (non-hydrogen) atoms. The van der Waals surface area contributed by atoms with Crippen LogP contribution in [0.5, 0.6) is 0 Å². The number of benzene rings is 2. The minimum atomic E-state index is -0.292. The maximum absolute atomic E-state index is 15.3. The number of nitrogens with two attached hydrogens (primary N) is 1. The second kappa shape index (κ2) is 10.5. The van der Waals surface area contributed by atoms with Crippen molar-refractivity contribution in [2.24, 2.45) is 10.8 Å². The lowest BCUT2D eigenvalue weighted by Gasteiger charge is -2.38. The normalized spacial score (nSPS) is 18.9. The number of thiocarbonyl (C=S) groups is 1. The summed E-state index contributed by atoms with van der Waals surface area (Å²) >= 11 is 4.81. The number of nitrogens with one attached hydrogen (secondary N) is 1. The number of hydrogen-bond donors (Lipinski definition) is 2. The molecule has 7 nitrogen and oxygen atoms in total. The van der Waals surface area contributed by atoms with Gasteiger partial charge in [0.1, 0.15) is 11.6 Å². The van der Waals surface area contributed by atoms with Gasteiger partial charge in [-0.1, -0.05) is 0 Å². The van der Waals surface area contributed by atoms with Gasteiger partial charge in [-0.15, -0.1) is 0 Å². The first-order valence-electron chi connectivity index (χ1n) is 11.4. The lowest BCUT2D eigenvalue weighted by molar-refractivity contribution is 0.315. The Kier molecular flexibility index (Phi) is 7.47. The summed E-state index contributed by atoms with van der Waals surface area (Å²) in [6.07, 6.45) is 2.61. The fraction of sp³-hybridized carbons (Fsp3) is 0.417. The molecule has 2 aromatic carbocycles. The smallest absolute Gasteiger partial charge is 0.184 e. The topological polar surface area (TPSA) is 63.4 Å². The summed E-state index contributed by atoms with van der Waals surface area (Å²) < 4.78 is 28.6. The van der Waals surface area contributed by atoms with E-state index in [4.69, 9.17) is 18.0 Å². The lowest BCUT2D eigenvalue weighted by Crippen LogP contribution is -2.47. The number of hydrogen-bond acceptors (Lipinski definition) is 6. The van der Waals surface area contributed by atoms with Gasteiger partial charge >= 0.3 is 0 Å². The van der Waals surface area contributed by atoms with Crippen molar-refractivity contribution in [2.45, 2.75) is 12.5 Å². The lowest BCUT2D eigenvalue weighted by atomic mass is 10.1.